The average Bonchev–Trinajstić information content (AvgIpc) is 2.42. The van der Waals surface area contributed by atoms with Crippen LogP contribution in [0.4, 0.5) is 5.69 Å². The number of benzene rings is 1. The first-order valence-corrected chi connectivity index (χ1v) is 6.73. The van der Waals surface area contributed by atoms with E-state index >= 15 is 0 Å². The molecule has 0 amide bonds. The Morgan fingerprint density at radius 2 is 1.68 bits per heavy atom. The van der Waals surface area contributed by atoms with Gasteiger partial charge in [-0.15, -0.1) is 0 Å². The quantitative estimate of drug-likeness (QED) is 0.460. The maximum Gasteiger partial charge on any atom is 0.136 e. The van der Waals surface area contributed by atoms with Gasteiger partial charge in [0.15, 0.2) is 0 Å². The molecule has 1 aromatic carbocycles. The number of aliphatic hydroxyl groups is 4. The number of anilines is 1. The van der Waals surface area contributed by atoms with Crippen molar-refractivity contribution in [1.82, 2.24) is 0 Å². The minimum Gasteiger partial charge on any atom is -0.399 e. The molecule has 106 valence electrons. The molecule has 0 bridgehead atoms. The van der Waals surface area contributed by atoms with Crippen molar-refractivity contribution in [2.24, 2.45) is 0 Å². The van der Waals surface area contributed by atoms with Crippen molar-refractivity contribution >= 4 is 17.4 Å². The molecule has 19 heavy (non-hydrogen) atoms. The van der Waals surface area contributed by atoms with E-state index in [9.17, 15) is 15.3 Å². The fourth-order valence-corrected chi connectivity index (χ4v) is 2.91. The molecule has 1 fully saturated rings. The van der Waals surface area contributed by atoms with Gasteiger partial charge in [-0.2, -0.15) is 0 Å². The van der Waals surface area contributed by atoms with Crippen LogP contribution < -0.4 is 5.73 Å². The van der Waals surface area contributed by atoms with Crippen LogP contribution in [0.25, 0.3) is 0 Å². The van der Waals surface area contributed by atoms with E-state index in [1.807, 2.05) is 0 Å². The van der Waals surface area contributed by atoms with Gasteiger partial charge < -0.3 is 30.9 Å². The van der Waals surface area contributed by atoms with Crippen LogP contribution in [0.2, 0.25) is 0 Å². The van der Waals surface area contributed by atoms with E-state index in [-0.39, 0.29) is 0 Å². The molecule has 2 unspecified atom stereocenters. The van der Waals surface area contributed by atoms with E-state index < -0.39 is 36.5 Å². The minimum atomic E-state index is -1.35. The number of hydrogen-bond donors (Lipinski definition) is 5. The van der Waals surface area contributed by atoms with Crippen molar-refractivity contribution in [3.63, 3.8) is 0 Å². The highest BCUT2D eigenvalue weighted by Crippen LogP contribution is 2.33. The molecule has 1 aliphatic rings. The van der Waals surface area contributed by atoms with Crippen LogP contribution in [0.1, 0.15) is 0 Å². The molecule has 0 spiro atoms. The molecule has 1 aromatic rings. The number of nitrogen functional groups attached to an aromatic ring is 1. The summed E-state index contributed by atoms with van der Waals surface area (Å²) in [7, 11) is 0. The molecular formula is C12H17NO5S. The van der Waals surface area contributed by atoms with Gasteiger partial charge in [0.2, 0.25) is 0 Å². The van der Waals surface area contributed by atoms with E-state index in [0.717, 1.165) is 4.90 Å². The fraction of sp³-hybridized carbons (Fsp3) is 0.500. The monoisotopic (exact) mass is 287 g/mol. The Kier molecular flexibility index (Phi) is 4.67. The molecule has 0 radical (unpaired) electrons. The molecular weight excluding hydrogens is 270 g/mol. The van der Waals surface area contributed by atoms with Gasteiger partial charge >= 0.3 is 0 Å². The smallest absolute Gasteiger partial charge is 0.136 e. The van der Waals surface area contributed by atoms with E-state index in [1.165, 1.54) is 11.8 Å². The summed E-state index contributed by atoms with van der Waals surface area (Å²) in [6, 6.07) is 6.96. The summed E-state index contributed by atoms with van der Waals surface area (Å²) >= 11 is 1.20. The first-order chi connectivity index (χ1) is 9.02. The second-order valence-electron chi connectivity index (χ2n) is 4.38. The third-order valence-electron chi connectivity index (χ3n) is 2.98. The fourth-order valence-electron chi connectivity index (χ4n) is 1.85. The highest BCUT2D eigenvalue weighted by Gasteiger charge is 2.43. The SMILES string of the molecule is Nc1ccc(S[C@@H]2OC(CO)[C@@H](O)[C@H](O)C2O)cc1. The van der Waals surface area contributed by atoms with Gasteiger partial charge in [-0.05, 0) is 24.3 Å². The Hall–Kier alpha value is -0.830. The van der Waals surface area contributed by atoms with Crippen LogP contribution in [0.5, 0.6) is 0 Å². The first kappa shape index (κ1) is 14.6. The molecule has 6 nitrogen and oxygen atoms in total. The lowest BCUT2D eigenvalue weighted by Crippen LogP contribution is -2.57. The summed E-state index contributed by atoms with van der Waals surface area (Å²) < 4.78 is 5.39. The number of rotatable bonds is 3. The van der Waals surface area contributed by atoms with Crippen molar-refractivity contribution < 1.29 is 25.2 Å². The maximum atomic E-state index is 9.87. The normalized spacial score (nSPS) is 35.3. The lowest BCUT2D eigenvalue weighted by molar-refractivity contribution is -0.205. The minimum absolute atomic E-state index is 0.427. The summed E-state index contributed by atoms with van der Waals surface area (Å²) in [4.78, 5) is 0.804. The van der Waals surface area contributed by atoms with E-state index in [4.69, 9.17) is 15.6 Å². The Balaban J connectivity index is 2.08. The average molecular weight is 287 g/mol. The lowest BCUT2D eigenvalue weighted by atomic mass is 10.0. The highest BCUT2D eigenvalue weighted by atomic mass is 32.2. The zero-order valence-electron chi connectivity index (χ0n) is 10.1. The zero-order chi connectivity index (χ0) is 14.0. The summed E-state index contributed by atoms with van der Waals surface area (Å²) in [6.45, 7) is -0.427. The van der Waals surface area contributed by atoms with Gasteiger partial charge in [0.05, 0.1) is 6.61 Å². The third kappa shape index (κ3) is 3.19. The second-order valence-corrected chi connectivity index (χ2v) is 5.56. The largest absolute Gasteiger partial charge is 0.399 e. The number of nitrogens with two attached hydrogens (primary N) is 1. The first-order valence-electron chi connectivity index (χ1n) is 5.85. The molecule has 0 aliphatic carbocycles. The van der Waals surface area contributed by atoms with Crippen LogP contribution in [0.3, 0.4) is 0 Å². The Morgan fingerprint density at radius 1 is 1.05 bits per heavy atom. The summed E-state index contributed by atoms with van der Waals surface area (Å²) in [5.41, 5.74) is 5.43. The molecule has 1 aliphatic heterocycles. The Labute approximate surface area is 114 Å². The number of ether oxygens (including phenoxy) is 1. The van der Waals surface area contributed by atoms with Gasteiger partial charge in [-0.1, -0.05) is 11.8 Å². The van der Waals surface area contributed by atoms with Crippen molar-refractivity contribution in [3.8, 4) is 0 Å². The van der Waals surface area contributed by atoms with Gasteiger partial charge in [-0.3, -0.25) is 0 Å². The van der Waals surface area contributed by atoms with Crippen LogP contribution >= 0.6 is 11.8 Å². The van der Waals surface area contributed by atoms with Crippen molar-refractivity contribution in [1.29, 1.82) is 0 Å². The van der Waals surface area contributed by atoms with Crippen molar-refractivity contribution in [2.45, 2.75) is 34.7 Å². The van der Waals surface area contributed by atoms with Crippen LogP contribution in [-0.2, 0) is 4.74 Å². The molecule has 2 rings (SSSR count). The lowest BCUT2D eigenvalue weighted by Gasteiger charge is -2.39. The van der Waals surface area contributed by atoms with Crippen molar-refractivity contribution in [2.75, 3.05) is 12.3 Å². The zero-order valence-corrected chi connectivity index (χ0v) is 10.9. The highest BCUT2D eigenvalue weighted by molar-refractivity contribution is 7.99. The molecule has 6 N–H and O–H groups in total. The maximum absolute atomic E-state index is 9.87. The van der Waals surface area contributed by atoms with Gasteiger partial charge in [0, 0.05) is 10.6 Å². The Bertz CT molecular complexity index is 413. The summed E-state index contributed by atoms with van der Waals surface area (Å²) in [5, 5.41) is 38.3. The standard InChI is InChI=1S/C12H17NO5S/c13-6-1-3-7(4-2-6)19-12-11(17)10(16)9(15)8(5-14)18-12/h1-4,8-12,14-17H,5,13H2/t8?,9-,10+,11?,12+/m1/s1. The number of thioether (sulfide) groups is 1. The van der Waals surface area contributed by atoms with Crippen LogP contribution in [0, 0.1) is 0 Å². The molecule has 1 heterocycles. The summed E-state index contributed by atoms with van der Waals surface area (Å²) in [5.74, 6) is 0. The molecule has 7 heteroatoms. The molecule has 5 atom stereocenters. The van der Waals surface area contributed by atoms with Gasteiger partial charge in [0.1, 0.15) is 29.9 Å². The van der Waals surface area contributed by atoms with Gasteiger partial charge in [-0.25, -0.2) is 0 Å². The number of hydrogen-bond acceptors (Lipinski definition) is 7. The van der Waals surface area contributed by atoms with E-state index in [0.29, 0.717) is 5.69 Å². The molecule has 1 saturated heterocycles. The van der Waals surface area contributed by atoms with Gasteiger partial charge in [0.25, 0.3) is 0 Å². The second kappa shape index (κ2) is 6.08. The molecule has 0 saturated carbocycles. The topological polar surface area (TPSA) is 116 Å². The van der Waals surface area contributed by atoms with Crippen LogP contribution in [-0.4, -0.2) is 56.9 Å². The van der Waals surface area contributed by atoms with Crippen LogP contribution in [0.15, 0.2) is 29.2 Å². The molecule has 0 aromatic heterocycles. The predicted octanol–water partition coefficient (Wildman–Crippen LogP) is -0.839. The predicted molar refractivity (Wildman–Crippen MR) is 70.5 cm³/mol. The summed E-state index contributed by atoms with van der Waals surface area (Å²) in [6.07, 6.45) is -4.80. The Morgan fingerprint density at radius 3 is 2.26 bits per heavy atom. The third-order valence-corrected chi connectivity index (χ3v) is 4.15. The van der Waals surface area contributed by atoms with E-state index in [2.05, 4.69) is 0 Å². The number of aliphatic hydroxyl groups excluding tert-OH is 4. The van der Waals surface area contributed by atoms with E-state index in [1.54, 1.807) is 24.3 Å². The van der Waals surface area contributed by atoms with Crippen molar-refractivity contribution in [3.05, 3.63) is 24.3 Å².